The van der Waals surface area contributed by atoms with Crippen molar-refractivity contribution in [2.75, 3.05) is 19.6 Å². The van der Waals surface area contributed by atoms with E-state index >= 15 is 0 Å². The number of rotatable bonds is 1. The van der Waals surface area contributed by atoms with Gasteiger partial charge in [0.1, 0.15) is 0 Å². The summed E-state index contributed by atoms with van der Waals surface area (Å²) in [7, 11) is 0. The number of hydrogen-bond acceptors (Lipinski definition) is 3. The first-order valence-electron chi connectivity index (χ1n) is 4.05. The van der Waals surface area contributed by atoms with Crippen molar-refractivity contribution in [1.82, 2.24) is 10.6 Å². The first kappa shape index (κ1) is 8.93. The molecule has 12 heavy (non-hydrogen) atoms. The molecule has 0 spiro atoms. The lowest BCUT2D eigenvalue weighted by atomic mass is 10.2. The number of hydrogen-bond donors (Lipinski definition) is 2. The second kappa shape index (κ2) is 4.04. The van der Waals surface area contributed by atoms with Crippen LogP contribution >= 0.6 is 33.9 Å². The fourth-order valence-corrected chi connectivity index (χ4v) is 3.12. The van der Waals surface area contributed by atoms with Crippen molar-refractivity contribution in [3.05, 3.63) is 19.9 Å². The van der Waals surface area contributed by atoms with Gasteiger partial charge in [0.25, 0.3) is 0 Å². The zero-order valence-electron chi connectivity index (χ0n) is 6.64. The zero-order chi connectivity index (χ0) is 8.39. The summed E-state index contributed by atoms with van der Waals surface area (Å²) in [5.41, 5.74) is 0. The van der Waals surface area contributed by atoms with Gasteiger partial charge in [0, 0.05) is 24.5 Å². The number of nitrogens with one attached hydrogen (secondary N) is 2. The maximum atomic E-state index is 3.49. The lowest BCUT2D eigenvalue weighted by Crippen LogP contribution is -2.42. The van der Waals surface area contributed by atoms with Gasteiger partial charge in [-0.3, -0.25) is 0 Å². The topological polar surface area (TPSA) is 24.1 Å². The molecule has 0 saturated carbocycles. The Morgan fingerprint density at radius 1 is 1.42 bits per heavy atom. The summed E-state index contributed by atoms with van der Waals surface area (Å²) >= 11 is 4.25. The highest BCUT2D eigenvalue weighted by Crippen LogP contribution is 2.24. The Morgan fingerprint density at radius 3 is 2.92 bits per heavy atom. The molecule has 66 valence electrons. The molecular formula is C8H11IN2S. The SMILES string of the molecule is Ic1ccc(C2CNCCN2)s1. The van der Waals surface area contributed by atoms with Crippen LogP contribution in [0.4, 0.5) is 0 Å². The minimum absolute atomic E-state index is 0.535. The minimum atomic E-state index is 0.535. The molecule has 0 bridgehead atoms. The van der Waals surface area contributed by atoms with Crippen molar-refractivity contribution < 1.29 is 0 Å². The molecule has 1 aliphatic heterocycles. The molecule has 1 aromatic rings. The van der Waals surface area contributed by atoms with Crippen LogP contribution in [0.3, 0.4) is 0 Å². The standard InChI is InChI=1S/C8H11IN2S/c9-8-2-1-7(12-8)6-5-10-3-4-11-6/h1-2,6,10-11H,3-5H2. The maximum Gasteiger partial charge on any atom is 0.0656 e. The monoisotopic (exact) mass is 294 g/mol. The third-order valence-corrected chi connectivity index (χ3v) is 3.99. The van der Waals surface area contributed by atoms with E-state index in [1.165, 1.54) is 7.76 Å². The number of thiophene rings is 1. The van der Waals surface area contributed by atoms with Gasteiger partial charge in [-0.25, -0.2) is 0 Å². The molecule has 0 aliphatic carbocycles. The third-order valence-electron chi connectivity index (χ3n) is 1.98. The Morgan fingerprint density at radius 2 is 2.33 bits per heavy atom. The van der Waals surface area contributed by atoms with Gasteiger partial charge in [0.2, 0.25) is 0 Å². The highest BCUT2D eigenvalue weighted by atomic mass is 127. The molecule has 1 saturated heterocycles. The molecule has 0 radical (unpaired) electrons. The van der Waals surface area contributed by atoms with Crippen molar-refractivity contribution in [1.29, 1.82) is 0 Å². The molecule has 1 aliphatic rings. The molecule has 1 aromatic heterocycles. The Kier molecular flexibility index (Phi) is 3.00. The van der Waals surface area contributed by atoms with Crippen molar-refractivity contribution in [3.8, 4) is 0 Å². The van der Waals surface area contributed by atoms with Crippen molar-refractivity contribution in [2.24, 2.45) is 0 Å². The van der Waals surface area contributed by atoms with Crippen LogP contribution in [0, 0.1) is 2.88 Å². The fraction of sp³-hybridized carbons (Fsp3) is 0.500. The predicted molar refractivity (Wildman–Crippen MR) is 60.6 cm³/mol. The molecule has 4 heteroatoms. The zero-order valence-corrected chi connectivity index (χ0v) is 9.61. The lowest BCUT2D eigenvalue weighted by molar-refractivity contribution is 0.435. The molecule has 2 rings (SSSR count). The highest BCUT2D eigenvalue weighted by Gasteiger charge is 2.15. The first-order chi connectivity index (χ1) is 5.86. The quantitative estimate of drug-likeness (QED) is 0.769. The van der Waals surface area contributed by atoms with Gasteiger partial charge in [0.15, 0.2) is 0 Å². The second-order valence-corrected chi connectivity index (χ2v) is 5.86. The first-order valence-corrected chi connectivity index (χ1v) is 5.95. The summed E-state index contributed by atoms with van der Waals surface area (Å²) in [4.78, 5) is 1.45. The van der Waals surface area contributed by atoms with Crippen LogP contribution in [0.25, 0.3) is 0 Å². The third kappa shape index (κ3) is 1.99. The molecule has 1 unspecified atom stereocenters. The summed E-state index contributed by atoms with van der Waals surface area (Å²) in [5, 5.41) is 6.88. The molecule has 2 N–H and O–H groups in total. The fourth-order valence-electron chi connectivity index (χ4n) is 1.37. The number of piperazine rings is 1. The van der Waals surface area contributed by atoms with Crippen LogP contribution in [-0.4, -0.2) is 19.6 Å². The van der Waals surface area contributed by atoms with Crippen molar-refractivity contribution in [2.45, 2.75) is 6.04 Å². The summed E-state index contributed by atoms with van der Waals surface area (Å²) in [6, 6.07) is 4.93. The van der Waals surface area contributed by atoms with Gasteiger partial charge in [-0.15, -0.1) is 11.3 Å². The summed E-state index contributed by atoms with van der Waals surface area (Å²) in [6.07, 6.45) is 0. The van der Waals surface area contributed by atoms with Gasteiger partial charge >= 0.3 is 0 Å². The van der Waals surface area contributed by atoms with E-state index in [0.29, 0.717) is 6.04 Å². The normalized spacial score (nSPS) is 24.2. The molecule has 0 aromatic carbocycles. The molecule has 1 atom stereocenters. The van der Waals surface area contributed by atoms with Crippen LogP contribution in [0.5, 0.6) is 0 Å². The average Bonchev–Trinajstić information content (AvgIpc) is 2.54. The second-order valence-electron chi connectivity index (χ2n) is 2.85. The smallest absolute Gasteiger partial charge is 0.0656 e. The van der Waals surface area contributed by atoms with Crippen LogP contribution in [0.1, 0.15) is 10.9 Å². The van der Waals surface area contributed by atoms with E-state index in [-0.39, 0.29) is 0 Å². The van der Waals surface area contributed by atoms with E-state index in [0.717, 1.165) is 19.6 Å². The van der Waals surface area contributed by atoms with Crippen LogP contribution in [-0.2, 0) is 0 Å². The van der Waals surface area contributed by atoms with E-state index in [1.54, 1.807) is 0 Å². The van der Waals surface area contributed by atoms with Gasteiger partial charge in [-0.05, 0) is 34.7 Å². The number of halogens is 1. The molecule has 0 amide bonds. The minimum Gasteiger partial charge on any atom is -0.314 e. The van der Waals surface area contributed by atoms with E-state index in [2.05, 4.69) is 45.4 Å². The van der Waals surface area contributed by atoms with Gasteiger partial charge in [0.05, 0.1) is 8.93 Å². The molecular weight excluding hydrogens is 283 g/mol. The molecule has 1 fully saturated rings. The average molecular weight is 294 g/mol. The Balaban J connectivity index is 2.08. The Labute approximate surface area is 89.9 Å². The van der Waals surface area contributed by atoms with Crippen LogP contribution in [0.2, 0.25) is 0 Å². The lowest BCUT2D eigenvalue weighted by Gasteiger charge is -2.23. The van der Waals surface area contributed by atoms with Gasteiger partial charge < -0.3 is 10.6 Å². The molecule has 2 nitrogen and oxygen atoms in total. The van der Waals surface area contributed by atoms with E-state index in [1.807, 2.05) is 11.3 Å². The van der Waals surface area contributed by atoms with E-state index in [4.69, 9.17) is 0 Å². The summed E-state index contributed by atoms with van der Waals surface area (Å²) < 4.78 is 1.37. The Bertz CT molecular complexity index is 255. The molecule has 2 heterocycles. The van der Waals surface area contributed by atoms with Crippen molar-refractivity contribution in [3.63, 3.8) is 0 Å². The van der Waals surface area contributed by atoms with Crippen LogP contribution < -0.4 is 10.6 Å². The van der Waals surface area contributed by atoms with Crippen LogP contribution in [0.15, 0.2) is 12.1 Å². The highest BCUT2D eigenvalue weighted by molar-refractivity contribution is 14.1. The maximum absolute atomic E-state index is 3.49. The summed E-state index contributed by atoms with van der Waals surface area (Å²) in [5.74, 6) is 0. The van der Waals surface area contributed by atoms with Gasteiger partial charge in [-0.2, -0.15) is 0 Å². The Hall–Kier alpha value is 0.350. The predicted octanol–water partition coefficient (Wildman–Crippen LogP) is 1.59. The largest absolute Gasteiger partial charge is 0.314 e. The van der Waals surface area contributed by atoms with Crippen molar-refractivity contribution >= 4 is 33.9 Å². The van der Waals surface area contributed by atoms with Gasteiger partial charge in [-0.1, -0.05) is 0 Å². The van der Waals surface area contributed by atoms with E-state index in [9.17, 15) is 0 Å². The van der Waals surface area contributed by atoms with E-state index < -0.39 is 0 Å². The summed E-state index contributed by atoms with van der Waals surface area (Å²) in [6.45, 7) is 3.24.